The van der Waals surface area contributed by atoms with E-state index in [4.69, 9.17) is 43.6 Å². The number of hydrogen-bond donors (Lipinski definition) is 4. The summed E-state index contributed by atoms with van der Waals surface area (Å²) in [6, 6.07) is 8.64. The van der Waals surface area contributed by atoms with Gasteiger partial charge in [-0.15, -0.1) is 0 Å². The SMILES string of the molecule is Cc1nc(C)c(C)nc1C.O.Oc1cccc(O)c1Cl.Oc1cccc(O)c1Cl. The number of phenols is 4. The highest BCUT2D eigenvalue weighted by Crippen LogP contribution is 2.31. The molecule has 0 amide bonds. The van der Waals surface area contributed by atoms with Gasteiger partial charge in [-0.2, -0.15) is 0 Å². The Morgan fingerprint density at radius 3 is 0.931 bits per heavy atom. The van der Waals surface area contributed by atoms with Crippen LogP contribution in [0, 0.1) is 27.7 Å². The Balaban J connectivity index is 0.000000399. The van der Waals surface area contributed by atoms with Crippen LogP contribution in [0.4, 0.5) is 0 Å². The molecular weight excluding hydrogens is 419 g/mol. The Bertz CT molecular complexity index is 812. The van der Waals surface area contributed by atoms with Crippen molar-refractivity contribution in [2.75, 3.05) is 0 Å². The zero-order chi connectivity index (χ0) is 21.4. The number of nitrogens with zero attached hydrogens (tertiary/aromatic N) is 2. The predicted molar refractivity (Wildman–Crippen MR) is 114 cm³/mol. The first-order valence-electron chi connectivity index (χ1n) is 8.15. The van der Waals surface area contributed by atoms with Crippen molar-refractivity contribution < 1.29 is 25.9 Å². The van der Waals surface area contributed by atoms with E-state index in [0.717, 1.165) is 22.8 Å². The van der Waals surface area contributed by atoms with Gasteiger partial charge in [0.05, 0.1) is 22.8 Å². The van der Waals surface area contributed by atoms with E-state index >= 15 is 0 Å². The van der Waals surface area contributed by atoms with E-state index in [1.54, 1.807) is 0 Å². The Labute approximate surface area is 179 Å². The van der Waals surface area contributed by atoms with Gasteiger partial charge in [0.25, 0.3) is 0 Å². The fourth-order valence-corrected chi connectivity index (χ4v) is 2.09. The largest absolute Gasteiger partial charge is 0.506 e. The van der Waals surface area contributed by atoms with Crippen LogP contribution in [-0.4, -0.2) is 35.9 Å². The molecule has 0 fully saturated rings. The van der Waals surface area contributed by atoms with E-state index in [9.17, 15) is 0 Å². The minimum absolute atomic E-state index is 0. The van der Waals surface area contributed by atoms with Crippen molar-refractivity contribution >= 4 is 23.2 Å². The number of rotatable bonds is 0. The lowest BCUT2D eigenvalue weighted by Crippen LogP contribution is -1.97. The molecule has 1 heterocycles. The summed E-state index contributed by atoms with van der Waals surface area (Å²) < 4.78 is 0. The number of benzene rings is 2. The van der Waals surface area contributed by atoms with E-state index in [2.05, 4.69) is 9.97 Å². The molecule has 158 valence electrons. The summed E-state index contributed by atoms with van der Waals surface area (Å²) in [5.41, 5.74) is 4.12. The van der Waals surface area contributed by atoms with Gasteiger partial charge in [-0.1, -0.05) is 35.3 Å². The van der Waals surface area contributed by atoms with Gasteiger partial charge in [0.1, 0.15) is 33.0 Å². The molecule has 0 bridgehead atoms. The number of aromatic hydroxyl groups is 4. The number of phenolic OH excluding ortho intramolecular Hbond substituents is 4. The van der Waals surface area contributed by atoms with Gasteiger partial charge in [-0.3, -0.25) is 9.97 Å². The summed E-state index contributed by atoms with van der Waals surface area (Å²) in [5.74, 6) is -0.401. The maximum Gasteiger partial charge on any atom is 0.137 e. The first kappa shape index (κ1) is 26.3. The summed E-state index contributed by atoms with van der Waals surface area (Å²) in [5, 5.41) is 35.2. The molecule has 0 unspecified atom stereocenters. The van der Waals surface area contributed by atoms with Crippen LogP contribution in [0.15, 0.2) is 36.4 Å². The van der Waals surface area contributed by atoms with Crippen molar-refractivity contribution in [2.24, 2.45) is 0 Å². The minimum Gasteiger partial charge on any atom is -0.506 e. The lowest BCUT2D eigenvalue weighted by atomic mass is 10.3. The van der Waals surface area contributed by atoms with Crippen LogP contribution in [0.25, 0.3) is 0 Å². The first-order valence-corrected chi connectivity index (χ1v) is 8.91. The molecule has 0 aliphatic heterocycles. The molecule has 7 nitrogen and oxygen atoms in total. The Morgan fingerprint density at radius 1 is 0.552 bits per heavy atom. The zero-order valence-electron chi connectivity index (χ0n) is 16.4. The standard InChI is InChI=1S/C8H12N2.2C6H5ClO2.H2O/c1-5-6(2)10-8(4)7(3)9-5;2*7-6-4(8)2-1-3-5(6)9;/h1-4H3;2*1-3,8-9H;1H2. The lowest BCUT2D eigenvalue weighted by molar-refractivity contribution is 0.450. The van der Waals surface area contributed by atoms with E-state index in [0.29, 0.717) is 0 Å². The monoisotopic (exact) mass is 442 g/mol. The third kappa shape index (κ3) is 8.03. The molecular formula is C20H24Cl2N2O5. The van der Waals surface area contributed by atoms with Crippen LogP contribution in [0.1, 0.15) is 22.8 Å². The smallest absolute Gasteiger partial charge is 0.137 e. The third-order valence-corrected chi connectivity index (χ3v) is 4.41. The van der Waals surface area contributed by atoms with E-state index in [-0.39, 0.29) is 38.5 Å². The molecule has 0 radical (unpaired) electrons. The van der Waals surface area contributed by atoms with E-state index in [1.165, 1.54) is 36.4 Å². The summed E-state index contributed by atoms with van der Waals surface area (Å²) in [6.45, 7) is 7.92. The van der Waals surface area contributed by atoms with Crippen LogP contribution >= 0.6 is 23.2 Å². The van der Waals surface area contributed by atoms with Gasteiger partial charge in [-0.25, -0.2) is 0 Å². The van der Waals surface area contributed by atoms with Gasteiger partial charge in [0.15, 0.2) is 0 Å². The van der Waals surface area contributed by atoms with Crippen molar-refractivity contribution in [3.63, 3.8) is 0 Å². The zero-order valence-corrected chi connectivity index (χ0v) is 17.9. The molecule has 2 aromatic carbocycles. The topological polar surface area (TPSA) is 138 Å². The normalized spacial score (nSPS) is 9.31. The van der Waals surface area contributed by atoms with Gasteiger partial charge < -0.3 is 25.9 Å². The van der Waals surface area contributed by atoms with Crippen molar-refractivity contribution in [2.45, 2.75) is 27.7 Å². The molecule has 1 aromatic heterocycles. The molecule has 0 spiro atoms. The van der Waals surface area contributed by atoms with Gasteiger partial charge in [-0.05, 0) is 52.0 Å². The van der Waals surface area contributed by atoms with Crippen LogP contribution in [-0.2, 0) is 0 Å². The number of halogens is 2. The maximum absolute atomic E-state index is 8.81. The van der Waals surface area contributed by atoms with Crippen molar-refractivity contribution in [1.29, 1.82) is 0 Å². The highest BCUT2D eigenvalue weighted by molar-refractivity contribution is 6.33. The van der Waals surface area contributed by atoms with Crippen LogP contribution in [0.2, 0.25) is 10.0 Å². The Morgan fingerprint density at radius 2 is 0.759 bits per heavy atom. The van der Waals surface area contributed by atoms with Crippen molar-refractivity contribution in [3.05, 3.63) is 69.2 Å². The number of aromatic nitrogens is 2. The van der Waals surface area contributed by atoms with Gasteiger partial charge >= 0.3 is 0 Å². The van der Waals surface area contributed by atoms with Crippen LogP contribution in [0.3, 0.4) is 0 Å². The lowest BCUT2D eigenvalue weighted by Gasteiger charge is -2.01. The maximum atomic E-state index is 8.81. The molecule has 0 aliphatic rings. The predicted octanol–water partition coefficient (Wildman–Crippen LogP) is 4.39. The Kier molecular flexibility index (Phi) is 10.8. The second-order valence-electron chi connectivity index (χ2n) is 5.79. The minimum atomic E-state index is -0.100. The summed E-state index contributed by atoms with van der Waals surface area (Å²) in [4.78, 5) is 8.62. The van der Waals surface area contributed by atoms with Gasteiger partial charge in [0, 0.05) is 0 Å². The molecule has 29 heavy (non-hydrogen) atoms. The molecule has 0 saturated heterocycles. The van der Waals surface area contributed by atoms with Crippen molar-refractivity contribution in [3.8, 4) is 23.0 Å². The Hall–Kier alpha value is -2.74. The van der Waals surface area contributed by atoms with Crippen LogP contribution in [0.5, 0.6) is 23.0 Å². The molecule has 9 heteroatoms. The van der Waals surface area contributed by atoms with Gasteiger partial charge in [0.2, 0.25) is 0 Å². The second kappa shape index (κ2) is 12.0. The molecule has 0 aliphatic carbocycles. The fraction of sp³-hybridized carbons (Fsp3) is 0.200. The van der Waals surface area contributed by atoms with E-state index in [1.807, 2.05) is 27.7 Å². The second-order valence-corrected chi connectivity index (χ2v) is 6.54. The summed E-state index contributed by atoms with van der Waals surface area (Å²) in [6.07, 6.45) is 0. The van der Waals surface area contributed by atoms with Crippen LogP contribution < -0.4 is 0 Å². The molecule has 6 N–H and O–H groups in total. The molecule has 0 atom stereocenters. The first-order chi connectivity index (χ1) is 13.0. The van der Waals surface area contributed by atoms with Crippen molar-refractivity contribution in [1.82, 2.24) is 9.97 Å². The average Bonchev–Trinajstić information content (AvgIpc) is 2.64. The third-order valence-electron chi connectivity index (χ3n) is 3.63. The summed E-state index contributed by atoms with van der Waals surface area (Å²) >= 11 is 10.8. The highest BCUT2D eigenvalue weighted by atomic mass is 35.5. The number of hydrogen-bond acceptors (Lipinski definition) is 6. The average molecular weight is 443 g/mol. The molecule has 3 rings (SSSR count). The highest BCUT2D eigenvalue weighted by Gasteiger charge is 2.01. The summed E-state index contributed by atoms with van der Waals surface area (Å²) in [7, 11) is 0. The molecule has 0 saturated carbocycles. The van der Waals surface area contributed by atoms with E-state index < -0.39 is 0 Å². The molecule has 3 aromatic rings. The number of aryl methyl sites for hydroxylation is 4. The quantitative estimate of drug-likeness (QED) is 0.407. The fourth-order valence-electron chi connectivity index (χ4n) is 1.84.